The Labute approximate surface area is 195 Å². The maximum atomic E-state index is 13.0. The molecule has 1 aromatic carbocycles. The Bertz CT molecular complexity index is 1200. The van der Waals surface area contributed by atoms with Gasteiger partial charge in [0.05, 0.1) is 5.92 Å². The Morgan fingerprint density at radius 1 is 1.21 bits per heavy atom. The molecule has 3 heterocycles. The van der Waals surface area contributed by atoms with Gasteiger partial charge in [0.15, 0.2) is 10.8 Å². The van der Waals surface area contributed by atoms with Crippen LogP contribution in [0.15, 0.2) is 35.4 Å². The van der Waals surface area contributed by atoms with Gasteiger partial charge in [-0.15, -0.1) is 0 Å². The Hall–Kier alpha value is -3.27. The van der Waals surface area contributed by atoms with Crippen molar-refractivity contribution in [3.63, 3.8) is 0 Å². The van der Waals surface area contributed by atoms with Crippen LogP contribution in [0.25, 0.3) is 10.3 Å². The van der Waals surface area contributed by atoms with E-state index in [1.165, 1.54) is 22.2 Å². The molecular formula is C23H28N6O3S. The summed E-state index contributed by atoms with van der Waals surface area (Å²) in [6.45, 7) is 6.17. The molecule has 1 fully saturated rings. The van der Waals surface area contributed by atoms with E-state index in [-0.39, 0.29) is 29.8 Å². The molecule has 0 saturated carbocycles. The van der Waals surface area contributed by atoms with Gasteiger partial charge in [0, 0.05) is 26.2 Å². The van der Waals surface area contributed by atoms with Crippen molar-refractivity contribution in [2.75, 3.05) is 24.5 Å². The largest absolute Gasteiger partial charge is 0.356 e. The third kappa shape index (κ3) is 5.39. The summed E-state index contributed by atoms with van der Waals surface area (Å²) in [6, 6.07) is 7.91. The van der Waals surface area contributed by atoms with Gasteiger partial charge in [-0.05, 0) is 32.3 Å². The summed E-state index contributed by atoms with van der Waals surface area (Å²) in [5.74, 6) is -0.294. The summed E-state index contributed by atoms with van der Waals surface area (Å²) < 4.78 is 1.72. The van der Waals surface area contributed by atoms with Crippen LogP contribution >= 0.6 is 11.3 Å². The van der Waals surface area contributed by atoms with Crippen LogP contribution in [0.4, 0.5) is 5.13 Å². The lowest BCUT2D eigenvalue weighted by atomic mass is 9.97. The van der Waals surface area contributed by atoms with Crippen LogP contribution in [0.1, 0.15) is 30.9 Å². The van der Waals surface area contributed by atoms with Gasteiger partial charge in [-0.1, -0.05) is 41.2 Å². The molecule has 0 aliphatic carbocycles. The number of carbonyl (C=O) groups is 2. The van der Waals surface area contributed by atoms with Crippen molar-refractivity contribution in [3.05, 3.63) is 52.1 Å². The van der Waals surface area contributed by atoms with Gasteiger partial charge < -0.3 is 15.5 Å². The zero-order valence-electron chi connectivity index (χ0n) is 18.8. The maximum absolute atomic E-state index is 13.0. The minimum atomic E-state index is -0.286. The smallest absolute Gasteiger partial charge is 0.273 e. The molecular weight excluding hydrogens is 440 g/mol. The van der Waals surface area contributed by atoms with E-state index in [0.29, 0.717) is 35.1 Å². The van der Waals surface area contributed by atoms with Crippen molar-refractivity contribution in [2.24, 2.45) is 5.92 Å². The van der Waals surface area contributed by atoms with Crippen LogP contribution in [0, 0.1) is 12.8 Å². The number of rotatable bonds is 7. The molecule has 0 bridgehead atoms. The summed E-state index contributed by atoms with van der Waals surface area (Å²) in [6.07, 6.45) is 3.10. The third-order valence-corrected chi connectivity index (χ3v) is 6.80. The standard InChI is InChI=1S/C23H28N6O3S/c1-3-24-21(31)17-5-4-10-28(12-17)23-27-20-19(33-23)22(32)29(14-26-20)13-18(30)25-11-16-8-6-15(2)7-9-16/h6-9,14,17H,3-5,10-13H2,1-2H3,(H,24,31)(H,25,30)/t17-/m1/s1. The number of hydrogen-bond acceptors (Lipinski definition) is 7. The maximum Gasteiger partial charge on any atom is 0.273 e. The molecule has 174 valence electrons. The van der Waals surface area contributed by atoms with Crippen molar-refractivity contribution in [1.82, 2.24) is 25.2 Å². The number of aromatic nitrogens is 3. The molecule has 1 aliphatic heterocycles. The van der Waals surface area contributed by atoms with Crippen LogP contribution in [0.2, 0.25) is 0 Å². The van der Waals surface area contributed by atoms with Gasteiger partial charge >= 0.3 is 0 Å². The molecule has 10 heteroatoms. The molecule has 3 aromatic rings. The predicted octanol–water partition coefficient (Wildman–Crippen LogP) is 1.83. The normalized spacial score (nSPS) is 16.1. The topological polar surface area (TPSA) is 109 Å². The number of hydrogen-bond donors (Lipinski definition) is 2. The fourth-order valence-electron chi connectivity index (χ4n) is 3.88. The first-order valence-corrected chi connectivity index (χ1v) is 12.0. The lowest BCUT2D eigenvalue weighted by molar-refractivity contribution is -0.125. The van der Waals surface area contributed by atoms with Crippen LogP contribution < -0.4 is 21.1 Å². The highest BCUT2D eigenvalue weighted by molar-refractivity contribution is 7.22. The summed E-state index contributed by atoms with van der Waals surface area (Å²) >= 11 is 1.27. The van der Waals surface area contributed by atoms with Gasteiger partial charge in [-0.2, -0.15) is 4.98 Å². The molecule has 4 rings (SSSR count). The third-order valence-electron chi connectivity index (χ3n) is 5.71. The van der Waals surface area contributed by atoms with Crippen molar-refractivity contribution >= 4 is 38.6 Å². The SMILES string of the molecule is CCNC(=O)[C@@H]1CCCN(c2nc3ncn(CC(=O)NCc4ccc(C)cc4)c(=O)c3s2)C1. The molecule has 2 amide bonds. The van der Waals surface area contributed by atoms with E-state index in [2.05, 4.69) is 20.6 Å². The highest BCUT2D eigenvalue weighted by atomic mass is 32.1. The lowest BCUT2D eigenvalue weighted by Gasteiger charge is -2.31. The first-order chi connectivity index (χ1) is 15.9. The summed E-state index contributed by atoms with van der Waals surface area (Å²) in [5, 5.41) is 6.41. The van der Waals surface area contributed by atoms with Crippen LogP contribution in [-0.4, -0.2) is 46.0 Å². The van der Waals surface area contributed by atoms with E-state index in [1.807, 2.05) is 43.0 Å². The monoisotopic (exact) mass is 468 g/mol. The highest BCUT2D eigenvalue weighted by Crippen LogP contribution is 2.29. The predicted molar refractivity (Wildman–Crippen MR) is 128 cm³/mol. The second-order valence-electron chi connectivity index (χ2n) is 8.27. The Morgan fingerprint density at radius 2 is 2.00 bits per heavy atom. The number of aryl methyl sites for hydroxylation is 1. The van der Waals surface area contributed by atoms with Gasteiger partial charge in [-0.3, -0.25) is 19.0 Å². The first-order valence-electron chi connectivity index (χ1n) is 11.2. The molecule has 2 N–H and O–H groups in total. The van der Waals surface area contributed by atoms with E-state index < -0.39 is 0 Å². The number of benzene rings is 1. The number of amides is 2. The molecule has 0 radical (unpaired) electrons. The number of nitrogens with one attached hydrogen (secondary N) is 2. The van der Waals surface area contributed by atoms with Gasteiger partial charge in [0.25, 0.3) is 5.56 Å². The average molecular weight is 469 g/mol. The van der Waals surface area contributed by atoms with Crippen LogP contribution in [0.5, 0.6) is 0 Å². The Balaban J connectivity index is 1.44. The van der Waals surface area contributed by atoms with E-state index in [0.717, 1.165) is 30.5 Å². The molecule has 1 aliphatic rings. The number of carbonyl (C=O) groups excluding carboxylic acids is 2. The fourth-order valence-corrected chi connectivity index (χ4v) is 4.89. The molecule has 0 spiro atoms. The Kier molecular flexibility index (Phi) is 7.02. The molecule has 1 atom stereocenters. The number of thiazole rings is 1. The van der Waals surface area contributed by atoms with Crippen molar-refractivity contribution in [3.8, 4) is 0 Å². The summed E-state index contributed by atoms with van der Waals surface area (Å²) in [5.41, 5.74) is 2.24. The van der Waals surface area contributed by atoms with Gasteiger partial charge in [0.1, 0.15) is 17.6 Å². The van der Waals surface area contributed by atoms with Crippen LogP contribution in [0.3, 0.4) is 0 Å². The number of nitrogens with zero attached hydrogens (tertiary/aromatic N) is 4. The zero-order valence-corrected chi connectivity index (χ0v) is 19.7. The molecule has 33 heavy (non-hydrogen) atoms. The molecule has 1 saturated heterocycles. The fraction of sp³-hybridized carbons (Fsp3) is 0.435. The summed E-state index contributed by atoms with van der Waals surface area (Å²) in [7, 11) is 0. The van der Waals surface area contributed by atoms with Gasteiger partial charge in [-0.25, -0.2) is 4.98 Å². The molecule has 0 unspecified atom stereocenters. The number of anilines is 1. The Morgan fingerprint density at radius 3 is 2.76 bits per heavy atom. The van der Waals surface area contributed by atoms with E-state index >= 15 is 0 Å². The quantitative estimate of drug-likeness (QED) is 0.548. The van der Waals surface area contributed by atoms with E-state index in [1.54, 1.807) is 0 Å². The first kappa shape index (κ1) is 22.9. The molecule has 9 nitrogen and oxygen atoms in total. The van der Waals surface area contributed by atoms with E-state index in [4.69, 9.17) is 0 Å². The zero-order chi connectivity index (χ0) is 23.4. The van der Waals surface area contributed by atoms with E-state index in [9.17, 15) is 14.4 Å². The molecule has 2 aromatic heterocycles. The highest BCUT2D eigenvalue weighted by Gasteiger charge is 2.27. The number of fused-ring (bicyclic) bond motifs is 1. The minimum absolute atomic E-state index is 0.0560. The second-order valence-corrected chi connectivity index (χ2v) is 9.25. The average Bonchev–Trinajstić information content (AvgIpc) is 3.26. The van der Waals surface area contributed by atoms with Crippen molar-refractivity contribution < 1.29 is 9.59 Å². The summed E-state index contributed by atoms with van der Waals surface area (Å²) in [4.78, 5) is 48.5. The minimum Gasteiger partial charge on any atom is -0.356 e. The van der Waals surface area contributed by atoms with Gasteiger partial charge in [0.2, 0.25) is 11.8 Å². The number of piperidine rings is 1. The second kappa shape index (κ2) is 10.1. The van der Waals surface area contributed by atoms with Crippen molar-refractivity contribution in [1.29, 1.82) is 0 Å². The lowest BCUT2D eigenvalue weighted by Crippen LogP contribution is -2.43. The van der Waals surface area contributed by atoms with Crippen LogP contribution in [-0.2, 0) is 22.7 Å². The van der Waals surface area contributed by atoms with Crippen molar-refractivity contribution in [2.45, 2.75) is 39.8 Å².